The van der Waals surface area contributed by atoms with Crippen molar-refractivity contribution < 1.29 is 14.5 Å². The molecule has 0 saturated carbocycles. The molecular weight excluding hydrogens is 492 g/mol. The number of nitro benzene ring substituents is 1. The van der Waals surface area contributed by atoms with E-state index in [4.69, 9.17) is 16.3 Å². The number of ether oxygens (including phenoxy) is 1. The summed E-state index contributed by atoms with van der Waals surface area (Å²) in [6, 6.07) is 18.5. The first-order valence-corrected chi connectivity index (χ1v) is 10.6. The second kappa shape index (κ2) is 8.43. The largest absolute Gasteiger partial charge is 0.457 e. The van der Waals surface area contributed by atoms with Crippen LogP contribution >= 0.6 is 38.9 Å². The summed E-state index contributed by atoms with van der Waals surface area (Å²) in [5, 5.41) is 15.2. The predicted molar refractivity (Wildman–Crippen MR) is 122 cm³/mol. The van der Waals surface area contributed by atoms with Gasteiger partial charge in [0.25, 0.3) is 11.6 Å². The number of non-ortho nitro benzene ring substituents is 1. The highest BCUT2D eigenvalue weighted by Gasteiger charge is 2.19. The number of halogens is 2. The number of hydrogen-bond acceptors (Lipinski definition) is 5. The summed E-state index contributed by atoms with van der Waals surface area (Å²) >= 11 is 11.0. The minimum Gasteiger partial charge on any atom is -0.457 e. The third-order valence-electron chi connectivity index (χ3n) is 4.15. The first-order valence-electron chi connectivity index (χ1n) is 8.62. The molecule has 1 N–H and O–H groups in total. The van der Waals surface area contributed by atoms with Crippen LogP contribution in [0.1, 0.15) is 9.67 Å². The molecule has 9 heteroatoms. The third kappa shape index (κ3) is 4.30. The smallest absolute Gasteiger partial charge is 0.275 e. The van der Waals surface area contributed by atoms with E-state index in [9.17, 15) is 14.9 Å². The number of nitro groups is 1. The van der Waals surface area contributed by atoms with E-state index >= 15 is 0 Å². The Balaban J connectivity index is 1.64. The maximum absolute atomic E-state index is 12.8. The zero-order valence-corrected chi connectivity index (χ0v) is 18.3. The van der Waals surface area contributed by atoms with Gasteiger partial charge in [-0.1, -0.05) is 45.7 Å². The zero-order valence-electron chi connectivity index (χ0n) is 15.1. The minimum atomic E-state index is -0.545. The Labute approximate surface area is 188 Å². The molecule has 0 aliphatic heterocycles. The fourth-order valence-electron chi connectivity index (χ4n) is 2.81. The lowest BCUT2D eigenvalue weighted by molar-refractivity contribution is -0.384. The lowest BCUT2D eigenvalue weighted by atomic mass is 10.2. The van der Waals surface area contributed by atoms with Crippen molar-refractivity contribution in [3.05, 3.63) is 91.2 Å². The van der Waals surface area contributed by atoms with Crippen LogP contribution in [0.3, 0.4) is 0 Å². The van der Waals surface area contributed by atoms with Gasteiger partial charge in [0.15, 0.2) is 0 Å². The van der Waals surface area contributed by atoms with Crippen LogP contribution in [0.15, 0.2) is 71.2 Å². The van der Waals surface area contributed by atoms with Gasteiger partial charge in [-0.2, -0.15) is 0 Å². The van der Waals surface area contributed by atoms with Crippen LogP contribution in [0.5, 0.6) is 11.5 Å². The van der Waals surface area contributed by atoms with E-state index in [2.05, 4.69) is 21.2 Å². The van der Waals surface area contributed by atoms with Gasteiger partial charge >= 0.3 is 0 Å². The molecule has 6 nitrogen and oxygen atoms in total. The third-order valence-corrected chi connectivity index (χ3v) is 6.35. The molecule has 0 bridgehead atoms. The van der Waals surface area contributed by atoms with Gasteiger partial charge in [0.1, 0.15) is 16.4 Å². The van der Waals surface area contributed by atoms with Crippen molar-refractivity contribution in [3.63, 3.8) is 0 Å². The van der Waals surface area contributed by atoms with E-state index in [1.54, 1.807) is 24.3 Å². The van der Waals surface area contributed by atoms with Gasteiger partial charge in [-0.25, -0.2) is 0 Å². The molecule has 0 unspecified atom stereocenters. The van der Waals surface area contributed by atoms with Crippen LogP contribution in [0, 0.1) is 10.1 Å². The second-order valence-corrected chi connectivity index (χ2v) is 8.57. The summed E-state index contributed by atoms with van der Waals surface area (Å²) in [6.07, 6.45) is 0. The Hall–Kier alpha value is -2.94. The first kappa shape index (κ1) is 20.3. The fourth-order valence-corrected chi connectivity index (χ4v) is 4.48. The van der Waals surface area contributed by atoms with Crippen LogP contribution in [-0.4, -0.2) is 10.8 Å². The molecule has 1 amide bonds. The van der Waals surface area contributed by atoms with Crippen LogP contribution in [0.2, 0.25) is 5.02 Å². The molecule has 4 aromatic rings. The normalized spacial score (nSPS) is 10.7. The molecular formula is C21H12BrClN2O4S. The van der Waals surface area contributed by atoms with Crippen LogP contribution in [0.25, 0.3) is 10.1 Å². The molecule has 0 aliphatic rings. The summed E-state index contributed by atoms with van der Waals surface area (Å²) in [6.45, 7) is 0. The van der Waals surface area contributed by atoms with Crippen molar-refractivity contribution in [2.45, 2.75) is 0 Å². The minimum absolute atomic E-state index is 0.206. The number of rotatable bonds is 5. The molecule has 4 rings (SSSR count). The molecule has 150 valence electrons. The van der Waals surface area contributed by atoms with Gasteiger partial charge in [-0.05, 0) is 30.3 Å². The lowest BCUT2D eigenvalue weighted by Gasteiger charge is -2.09. The first-order chi connectivity index (χ1) is 14.4. The molecule has 0 atom stereocenters. The molecule has 30 heavy (non-hydrogen) atoms. The molecule has 0 saturated heterocycles. The number of amides is 1. The van der Waals surface area contributed by atoms with E-state index in [1.807, 2.05) is 24.3 Å². The van der Waals surface area contributed by atoms with Crippen LogP contribution in [-0.2, 0) is 0 Å². The molecule has 1 aromatic heterocycles. The summed E-state index contributed by atoms with van der Waals surface area (Å²) in [5.41, 5.74) is 0.0252. The zero-order chi connectivity index (χ0) is 21.3. The topological polar surface area (TPSA) is 81.5 Å². The number of carbonyl (C=O) groups excluding carboxylic acids is 1. The summed E-state index contributed by atoms with van der Waals surface area (Å²) in [7, 11) is 0. The van der Waals surface area contributed by atoms with Gasteiger partial charge in [0.2, 0.25) is 0 Å². The van der Waals surface area contributed by atoms with E-state index in [0.717, 1.165) is 14.6 Å². The van der Waals surface area contributed by atoms with Crippen molar-refractivity contribution in [2.24, 2.45) is 0 Å². The number of thiophene rings is 1. The monoisotopic (exact) mass is 502 g/mol. The van der Waals surface area contributed by atoms with Crippen molar-refractivity contribution in [2.75, 3.05) is 5.32 Å². The SMILES string of the molecule is O=C(Nc1cc(Oc2ccc(Br)cc2)cc([N+](=O)[O-])c1)c1sc2ccccc2c1Cl. The maximum Gasteiger partial charge on any atom is 0.275 e. The van der Waals surface area contributed by atoms with Gasteiger partial charge in [0.05, 0.1) is 21.7 Å². The van der Waals surface area contributed by atoms with Crippen LogP contribution < -0.4 is 10.1 Å². The molecule has 0 fully saturated rings. The van der Waals surface area contributed by atoms with E-state index in [1.165, 1.54) is 29.5 Å². The number of fused-ring (bicyclic) bond motifs is 1. The average molecular weight is 504 g/mol. The molecule has 1 heterocycles. The van der Waals surface area contributed by atoms with Gasteiger partial charge < -0.3 is 10.1 Å². The number of benzene rings is 3. The maximum atomic E-state index is 12.8. The highest BCUT2D eigenvalue weighted by molar-refractivity contribution is 9.10. The van der Waals surface area contributed by atoms with E-state index in [-0.39, 0.29) is 17.1 Å². The number of anilines is 1. The highest BCUT2D eigenvalue weighted by atomic mass is 79.9. The Morgan fingerprint density at radius 2 is 1.80 bits per heavy atom. The quantitative estimate of drug-likeness (QED) is 0.229. The van der Waals surface area contributed by atoms with Gasteiger partial charge in [-0.15, -0.1) is 11.3 Å². The van der Waals surface area contributed by atoms with Crippen LogP contribution in [0.4, 0.5) is 11.4 Å². The predicted octanol–water partition coefficient (Wildman–Crippen LogP) is 7.27. The average Bonchev–Trinajstić information content (AvgIpc) is 3.06. The Morgan fingerprint density at radius 3 is 2.50 bits per heavy atom. The molecule has 0 radical (unpaired) electrons. The van der Waals surface area contributed by atoms with Crippen molar-refractivity contribution >= 4 is 66.2 Å². The van der Waals surface area contributed by atoms with E-state index in [0.29, 0.717) is 15.6 Å². The lowest BCUT2D eigenvalue weighted by Crippen LogP contribution is -2.11. The second-order valence-electron chi connectivity index (χ2n) is 6.22. The summed E-state index contributed by atoms with van der Waals surface area (Å²) in [4.78, 5) is 23.9. The number of nitrogens with zero attached hydrogens (tertiary/aromatic N) is 1. The number of nitrogens with one attached hydrogen (secondary N) is 1. The summed E-state index contributed by atoms with van der Waals surface area (Å²) in [5.74, 6) is 0.282. The summed E-state index contributed by atoms with van der Waals surface area (Å²) < 4.78 is 7.48. The molecule has 0 aliphatic carbocycles. The van der Waals surface area contributed by atoms with E-state index < -0.39 is 10.8 Å². The fraction of sp³-hybridized carbons (Fsp3) is 0. The van der Waals surface area contributed by atoms with Gasteiger partial charge in [0, 0.05) is 26.7 Å². The Bertz CT molecular complexity index is 1270. The standard InChI is InChI=1S/C21H12BrClN2O4S/c22-12-5-7-15(8-6-12)29-16-10-13(9-14(11-16)25(27)28)24-21(26)20-19(23)17-3-1-2-4-18(17)30-20/h1-11H,(H,24,26). The van der Waals surface area contributed by atoms with Crippen molar-refractivity contribution in [1.29, 1.82) is 0 Å². The van der Waals surface area contributed by atoms with Crippen molar-refractivity contribution in [1.82, 2.24) is 0 Å². The Kier molecular flexibility index (Phi) is 5.72. The molecule has 3 aromatic carbocycles. The Morgan fingerprint density at radius 1 is 1.07 bits per heavy atom. The van der Waals surface area contributed by atoms with Gasteiger partial charge in [-0.3, -0.25) is 14.9 Å². The molecule has 0 spiro atoms. The number of carbonyl (C=O) groups is 1. The highest BCUT2D eigenvalue weighted by Crippen LogP contribution is 2.36. The number of hydrogen-bond donors (Lipinski definition) is 1. The van der Waals surface area contributed by atoms with Crippen molar-refractivity contribution in [3.8, 4) is 11.5 Å².